The number of non-ortho nitro benzene ring substituents is 1. The topological polar surface area (TPSA) is 86.5 Å². The molecule has 0 unspecified atom stereocenters. The van der Waals surface area contributed by atoms with E-state index in [2.05, 4.69) is 4.18 Å². The van der Waals surface area contributed by atoms with Crippen molar-refractivity contribution in [1.82, 2.24) is 0 Å². The molecule has 0 bridgehead atoms. The Labute approximate surface area is 134 Å². The third kappa shape index (κ3) is 3.65. The van der Waals surface area contributed by atoms with Crippen LogP contribution in [0.2, 0.25) is 0 Å². The van der Waals surface area contributed by atoms with Gasteiger partial charge in [0, 0.05) is 12.1 Å². The summed E-state index contributed by atoms with van der Waals surface area (Å²) in [5, 5.41) is 10.7. The Balaban J connectivity index is 2.46. The summed E-state index contributed by atoms with van der Waals surface area (Å²) in [6, 6.07) is 6.70. The number of nitrogens with zero attached hydrogens (tertiary/aromatic N) is 1. The molecule has 10 heteroatoms. The fraction of sp³-hybridized carbons (Fsp3) is 0.143. The lowest BCUT2D eigenvalue weighted by Crippen LogP contribution is -2.15. The Morgan fingerprint density at radius 2 is 1.75 bits per heavy atom. The minimum Gasteiger partial charge on any atom is -0.378 e. The summed E-state index contributed by atoms with van der Waals surface area (Å²) in [5.74, 6) is -0.872. The Hall–Kier alpha value is -2.62. The van der Waals surface area contributed by atoms with Crippen LogP contribution < -0.4 is 4.18 Å². The lowest BCUT2D eigenvalue weighted by atomic mass is 10.2. The van der Waals surface area contributed by atoms with Gasteiger partial charge in [-0.05, 0) is 30.7 Å². The first-order valence-corrected chi connectivity index (χ1v) is 7.79. The predicted octanol–water partition coefficient (Wildman–Crippen LogP) is 3.69. The number of nitro benzene ring substituents is 1. The number of aryl methyl sites for hydroxylation is 1. The van der Waals surface area contributed by atoms with Gasteiger partial charge < -0.3 is 4.18 Å². The van der Waals surface area contributed by atoms with E-state index in [1.165, 1.54) is 13.0 Å². The second-order valence-corrected chi connectivity index (χ2v) is 6.25. The average Bonchev–Trinajstić information content (AvgIpc) is 2.45. The summed E-state index contributed by atoms with van der Waals surface area (Å²) >= 11 is 0. The van der Waals surface area contributed by atoms with Gasteiger partial charge in [0.05, 0.1) is 10.5 Å². The van der Waals surface area contributed by atoms with Gasteiger partial charge in [-0.2, -0.15) is 21.6 Å². The maximum absolute atomic E-state index is 12.9. The Kier molecular flexibility index (Phi) is 4.52. The highest BCUT2D eigenvalue weighted by molar-refractivity contribution is 7.87. The van der Waals surface area contributed by atoms with Crippen LogP contribution in [-0.4, -0.2) is 13.3 Å². The molecule has 0 aromatic heterocycles. The zero-order valence-electron chi connectivity index (χ0n) is 12.1. The van der Waals surface area contributed by atoms with Crippen LogP contribution in [0.3, 0.4) is 0 Å². The van der Waals surface area contributed by atoms with Crippen LogP contribution in [0.4, 0.5) is 18.9 Å². The Bertz CT molecular complexity index is 894. The zero-order valence-corrected chi connectivity index (χ0v) is 12.9. The third-order valence-corrected chi connectivity index (χ3v) is 4.43. The molecular formula is C14H10F3NO5S. The van der Waals surface area contributed by atoms with Gasteiger partial charge in [0.25, 0.3) is 5.69 Å². The molecule has 0 heterocycles. The van der Waals surface area contributed by atoms with Crippen molar-refractivity contribution in [2.45, 2.75) is 18.0 Å². The minimum atomic E-state index is -4.80. The molecule has 0 atom stereocenters. The number of halogens is 3. The maximum Gasteiger partial charge on any atom is 0.420 e. The summed E-state index contributed by atoms with van der Waals surface area (Å²) in [6.07, 6.45) is -4.80. The fourth-order valence-electron chi connectivity index (χ4n) is 1.96. The zero-order chi connectivity index (χ0) is 18.1. The quantitative estimate of drug-likeness (QED) is 0.471. The molecule has 2 aromatic rings. The highest BCUT2D eigenvalue weighted by Crippen LogP contribution is 2.37. The molecule has 2 rings (SSSR count). The summed E-state index contributed by atoms with van der Waals surface area (Å²) in [7, 11) is -4.59. The van der Waals surface area contributed by atoms with E-state index in [0.29, 0.717) is 6.07 Å². The largest absolute Gasteiger partial charge is 0.420 e. The number of benzene rings is 2. The van der Waals surface area contributed by atoms with Crippen LogP contribution in [0.5, 0.6) is 5.75 Å². The summed E-state index contributed by atoms with van der Waals surface area (Å²) in [5.41, 5.74) is -1.61. The normalized spacial score (nSPS) is 12.0. The molecule has 0 saturated carbocycles. The third-order valence-electron chi connectivity index (χ3n) is 3.03. The van der Waals surface area contributed by atoms with Gasteiger partial charge in [-0.3, -0.25) is 10.1 Å². The number of hydrogen-bond acceptors (Lipinski definition) is 5. The van der Waals surface area contributed by atoms with Crippen molar-refractivity contribution in [2.75, 3.05) is 0 Å². The second-order valence-electron chi connectivity index (χ2n) is 4.74. The van der Waals surface area contributed by atoms with Gasteiger partial charge in [0.2, 0.25) is 0 Å². The van der Waals surface area contributed by atoms with Crippen molar-refractivity contribution in [3.8, 4) is 5.75 Å². The molecule has 0 radical (unpaired) electrons. The monoisotopic (exact) mass is 361 g/mol. The van der Waals surface area contributed by atoms with E-state index in [-0.39, 0.29) is 11.3 Å². The van der Waals surface area contributed by atoms with E-state index >= 15 is 0 Å². The SMILES string of the molecule is Cc1cc([N+](=O)[O-])ccc1S(=O)(=O)Oc1ccccc1C(F)(F)F. The van der Waals surface area contributed by atoms with E-state index in [0.717, 1.165) is 30.3 Å². The van der Waals surface area contributed by atoms with Crippen LogP contribution in [0.1, 0.15) is 11.1 Å². The highest BCUT2D eigenvalue weighted by Gasteiger charge is 2.35. The number of hydrogen-bond donors (Lipinski definition) is 0. The van der Waals surface area contributed by atoms with Crippen molar-refractivity contribution in [1.29, 1.82) is 0 Å². The van der Waals surface area contributed by atoms with Crippen molar-refractivity contribution in [2.24, 2.45) is 0 Å². The van der Waals surface area contributed by atoms with Gasteiger partial charge in [-0.25, -0.2) is 0 Å². The van der Waals surface area contributed by atoms with Crippen molar-refractivity contribution in [3.05, 3.63) is 63.7 Å². The van der Waals surface area contributed by atoms with Gasteiger partial charge in [0.15, 0.2) is 5.75 Å². The standard InChI is InChI=1S/C14H10F3NO5S/c1-9-8-10(18(19)20)6-7-13(9)24(21,22)23-12-5-3-2-4-11(12)14(15,16)17/h2-8H,1H3. The van der Waals surface area contributed by atoms with Crippen LogP contribution in [0, 0.1) is 17.0 Å². The van der Waals surface area contributed by atoms with E-state index in [4.69, 9.17) is 0 Å². The molecule has 0 saturated heterocycles. The first-order chi connectivity index (χ1) is 11.0. The Morgan fingerprint density at radius 1 is 1.12 bits per heavy atom. The lowest BCUT2D eigenvalue weighted by Gasteiger charge is -2.14. The Morgan fingerprint density at radius 3 is 2.29 bits per heavy atom. The van der Waals surface area contributed by atoms with Gasteiger partial charge in [-0.15, -0.1) is 0 Å². The lowest BCUT2D eigenvalue weighted by molar-refractivity contribution is -0.385. The molecule has 6 nitrogen and oxygen atoms in total. The van der Waals surface area contributed by atoms with Crippen molar-refractivity contribution in [3.63, 3.8) is 0 Å². The van der Waals surface area contributed by atoms with E-state index in [9.17, 15) is 31.7 Å². The smallest absolute Gasteiger partial charge is 0.378 e. The molecule has 0 aliphatic rings. The molecule has 2 aromatic carbocycles. The number of rotatable bonds is 4. The molecule has 24 heavy (non-hydrogen) atoms. The van der Waals surface area contributed by atoms with Crippen LogP contribution >= 0.6 is 0 Å². The molecule has 128 valence electrons. The number of alkyl halides is 3. The first-order valence-electron chi connectivity index (χ1n) is 6.38. The van der Waals surface area contributed by atoms with E-state index in [1.54, 1.807) is 0 Å². The molecular weight excluding hydrogens is 351 g/mol. The maximum atomic E-state index is 12.9. The van der Waals surface area contributed by atoms with E-state index < -0.39 is 37.4 Å². The van der Waals surface area contributed by atoms with E-state index in [1.807, 2.05) is 0 Å². The number of para-hydroxylation sites is 1. The molecule has 0 fully saturated rings. The molecule has 0 amide bonds. The summed E-state index contributed by atoms with van der Waals surface area (Å²) in [6.45, 7) is 1.28. The van der Waals surface area contributed by atoms with Crippen LogP contribution in [-0.2, 0) is 16.3 Å². The minimum absolute atomic E-state index is 0.0197. The average molecular weight is 361 g/mol. The van der Waals surface area contributed by atoms with Crippen LogP contribution in [0.25, 0.3) is 0 Å². The first kappa shape index (κ1) is 17.7. The molecule has 0 aliphatic carbocycles. The van der Waals surface area contributed by atoms with Gasteiger partial charge >= 0.3 is 16.3 Å². The highest BCUT2D eigenvalue weighted by atomic mass is 32.2. The fourth-order valence-corrected chi connectivity index (χ4v) is 3.12. The summed E-state index contributed by atoms with van der Waals surface area (Å²) in [4.78, 5) is 9.49. The second kappa shape index (κ2) is 6.11. The number of nitro groups is 1. The molecule has 0 N–H and O–H groups in total. The van der Waals surface area contributed by atoms with Gasteiger partial charge in [0.1, 0.15) is 4.90 Å². The summed E-state index contributed by atoms with van der Waals surface area (Å²) < 4.78 is 67.7. The van der Waals surface area contributed by atoms with Crippen molar-refractivity contribution < 1.29 is 30.7 Å². The van der Waals surface area contributed by atoms with Crippen LogP contribution in [0.15, 0.2) is 47.4 Å². The molecule has 0 aliphatic heterocycles. The van der Waals surface area contributed by atoms with Gasteiger partial charge in [-0.1, -0.05) is 12.1 Å². The predicted molar refractivity (Wildman–Crippen MR) is 77.1 cm³/mol. The van der Waals surface area contributed by atoms with Crippen molar-refractivity contribution >= 4 is 15.8 Å². The molecule has 0 spiro atoms.